The maximum Gasteiger partial charge on any atom is 0.219 e. The number of hydrogen-bond donors (Lipinski definition) is 0. The molecule has 0 spiro atoms. The van der Waals surface area contributed by atoms with Gasteiger partial charge in [-0.1, -0.05) is 12.1 Å². The Morgan fingerprint density at radius 1 is 1.24 bits per heavy atom. The molecule has 0 bridgehead atoms. The summed E-state index contributed by atoms with van der Waals surface area (Å²) in [6.45, 7) is 4.39. The van der Waals surface area contributed by atoms with Crippen molar-refractivity contribution in [3.63, 3.8) is 0 Å². The van der Waals surface area contributed by atoms with Gasteiger partial charge in [0.15, 0.2) is 0 Å². The van der Waals surface area contributed by atoms with E-state index in [1.165, 1.54) is 12.5 Å². The Morgan fingerprint density at radius 2 is 2.00 bits per heavy atom. The SMILES string of the molecule is CC(=O)N1CCC[C@@H]1[C@@H]1CCCN1Cc1cccc(F)c1. The predicted molar refractivity (Wildman–Crippen MR) is 80.2 cm³/mol. The zero-order valence-corrected chi connectivity index (χ0v) is 12.6. The molecule has 2 saturated heterocycles. The Kier molecular flexibility index (Phi) is 4.24. The molecule has 1 aromatic rings. The zero-order valence-electron chi connectivity index (χ0n) is 12.6. The molecule has 21 heavy (non-hydrogen) atoms. The van der Waals surface area contributed by atoms with E-state index in [4.69, 9.17) is 0 Å². The van der Waals surface area contributed by atoms with Crippen molar-refractivity contribution in [1.82, 2.24) is 9.80 Å². The molecule has 1 amide bonds. The summed E-state index contributed by atoms with van der Waals surface area (Å²) in [7, 11) is 0. The number of hydrogen-bond acceptors (Lipinski definition) is 2. The van der Waals surface area contributed by atoms with Crippen LogP contribution in [0.2, 0.25) is 0 Å². The molecule has 1 aromatic carbocycles. The van der Waals surface area contributed by atoms with Crippen LogP contribution in [0.1, 0.15) is 38.2 Å². The van der Waals surface area contributed by atoms with E-state index in [1.807, 2.05) is 11.0 Å². The van der Waals surface area contributed by atoms with E-state index in [0.29, 0.717) is 12.1 Å². The average Bonchev–Trinajstić information content (AvgIpc) is 3.06. The minimum Gasteiger partial charge on any atom is -0.338 e. The van der Waals surface area contributed by atoms with Gasteiger partial charge in [-0.2, -0.15) is 0 Å². The molecule has 2 atom stereocenters. The highest BCUT2D eigenvalue weighted by atomic mass is 19.1. The molecule has 2 aliphatic heterocycles. The first-order chi connectivity index (χ1) is 10.1. The number of likely N-dealkylation sites (tertiary alicyclic amines) is 2. The molecule has 114 valence electrons. The van der Waals surface area contributed by atoms with Crippen molar-refractivity contribution in [2.45, 2.75) is 51.2 Å². The van der Waals surface area contributed by atoms with Gasteiger partial charge >= 0.3 is 0 Å². The van der Waals surface area contributed by atoms with Crippen molar-refractivity contribution in [3.05, 3.63) is 35.6 Å². The zero-order chi connectivity index (χ0) is 14.8. The maximum atomic E-state index is 13.3. The van der Waals surface area contributed by atoms with Crippen molar-refractivity contribution in [3.8, 4) is 0 Å². The third-order valence-electron chi connectivity index (χ3n) is 4.84. The molecular weight excluding hydrogens is 267 g/mol. The average molecular weight is 290 g/mol. The topological polar surface area (TPSA) is 23.6 Å². The Balaban J connectivity index is 1.72. The van der Waals surface area contributed by atoms with Crippen LogP contribution in [0.25, 0.3) is 0 Å². The number of amides is 1. The highest BCUT2D eigenvalue weighted by molar-refractivity contribution is 5.74. The fraction of sp³-hybridized carbons (Fsp3) is 0.588. The maximum absolute atomic E-state index is 13.3. The van der Waals surface area contributed by atoms with Gasteiger partial charge < -0.3 is 4.90 Å². The molecule has 0 unspecified atom stereocenters. The largest absolute Gasteiger partial charge is 0.338 e. The van der Waals surface area contributed by atoms with Crippen molar-refractivity contribution in [2.75, 3.05) is 13.1 Å². The molecule has 0 aliphatic carbocycles. The molecule has 0 saturated carbocycles. The third kappa shape index (κ3) is 3.10. The second kappa shape index (κ2) is 6.14. The van der Waals surface area contributed by atoms with Crippen LogP contribution in [0, 0.1) is 5.82 Å². The van der Waals surface area contributed by atoms with E-state index in [0.717, 1.165) is 44.5 Å². The van der Waals surface area contributed by atoms with Crippen LogP contribution in [0.4, 0.5) is 4.39 Å². The van der Waals surface area contributed by atoms with E-state index < -0.39 is 0 Å². The summed E-state index contributed by atoms with van der Waals surface area (Å²) in [6.07, 6.45) is 4.52. The molecular formula is C17H23FN2O. The molecule has 2 heterocycles. The first-order valence-corrected chi connectivity index (χ1v) is 7.91. The minimum absolute atomic E-state index is 0.172. The molecule has 4 heteroatoms. The number of rotatable bonds is 3. The van der Waals surface area contributed by atoms with Crippen LogP contribution in [0.3, 0.4) is 0 Å². The van der Waals surface area contributed by atoms with Gasteiger partial charge in [-0.25, -0.2) is 4.39 Å². The second-order valence-corrected chi connectivity index (χ2v) is 6.23. The number of halogens is 1. The number of benzene rings is 1. The van der Waals surface area contributed by atoms with Crippen LogP contribution < -0.4 is 0 Å². The molecule has 0 N–H and O–H groups in total. The summed E-state index contributed by atoms with van der Waals surface area (Å²) in [6, 6.07) is 7.63. The lowest BCUT2D eigenvalue weighted by Gasteiger charge is -2.34. The Bertz CT molecular complexity index is 519. The highest BCUT2D eigenvalue weighted by Crippen LogP contribution is 2.31. The smallest absolute Gasteiger partial charge is 0.219 e. The summed E-state index contributed by atoms with van der Waals surface area (Å²) < 4.78 is 13.3. The van der Waals surface area contributed by atoms with Gasteiger partial charge in [0.25, 0.3) is 0 Å². The lowest BCUT2D eigenvalue weighted by atomic mass is 10.0. The quantitative estimate of drug-likeness (QED) is 0.854. The van der Waals surface area contributed by atoms with E-state index in [-0.39, 0.29) is 11.7 Å². The van der Waals surface area contributed by atoms with E-state index in [1.54, 1.807) is 19.1 Å². The van der Waals surface area contributed by atoms with Crippen molar-refractivity contribution in [1.29, 1.82) is 0 Å². The van der Waals surface area contributed by atoms with Gasteiger partial charge in [-0.05, 0) is 49.9 Å². The van der Waals surface area contributed by atoms with Crippen LogP contribution >= 0.6 is 0 Å². The molecule has 2 fully saturated rings. The minimum atomic E-state index is -0.172. The molecule has 0 aromatic heterocycles. The van der Waals surface area contributed by atoms with Gasteiger partial charge in [0.1, 0.15) is 5.82 Å². The van der Waals surface area contributed by atoms with Crippen LogP contribution in [-0.4, -0.2) is 40.9 Å². The first kappa shape index (κ1) is 14.5. The van der Waals surface area contributed by atoms with Gasteiger partial charge in [0, 0.05) is 32.1 Å². The standard InChI is InChI=1S/C17H23FN2O/c1-13(21)20-10-4-8-17(20)16-7-3-9-19(16)12-14-5-2-6-15(18)11-14/h2,5-6,11,16-17H,3-4,7-10,12H2,1H3/t16-,17+/m0/s1. The van der Waals surface area contributed by atoms with E-state index >= 15 is 0 Å². The summed E-state index contributed by atoms with van der Waals surface area (Å²) in [5.41, 5.74) is 1.02. The molecule has 2 aliphatic rings. The number of carbonyl (C=O) groups is 1. The van der Waals surface area contributed by atoms with Crippen molar-refractivity contribution >= 4 is 5.91 Å². The Hall–Kier alpha value is -1.42. The lowest BCUT2D eigenvalue weighted by molar-refractivity contribution is -0.130. The van der Waals surface area contributed by atoms with Crippen molar-refractivity contribution < 1.29 is 9.18 Å². The van der Waals surface area contributed by atoms with E-state index in [2.05, 4.69) is 4.90 Å². The Labute approximate surface area is 125 Å². The third-order valence-corrected chi connectivity index (χ3v) is 4.84. The molecule has 0 radical (unpaired) electrons. The summed E-state index contributed by atoms with van der Waals surface area (Å²) >= 11 is 0. The molecule has 3 rings (SSSR count). The highest BCUT2D eigenvalue weighted by Gasteiger charge is 2.38. The van der Waals surface area contributed by atoms with Gasteiger partial charge in [0.2, 0.25) is 5.91 Å². The van der Waals surface area contributed by atoms with Crippen LogP contribution in [0.15, 0.2) is 24.3 Å². The fourth-order valence-electron chi connectivity index (χ4n) is 3.94. The van der Waals surface area contributed by atoms with Gasteiger partial charge in [-0.15, -0.1) is 0 Å². The molecule has 3 nitrogen and oxygen atoms in total. The van der Waals surface area contributed by atoms with Crippen molar-refractivity contribution in [2.24, 2.45) is 0 Å². The first-order valence-electron chi connectivity index (χ1n) is 7.91. The van der Waals surface area contributed by atoms with Gasteiger partial charge in [0.05, 0.1) is 0 Å². The lowest BCUT2D eigenvalue weighted by Crippen LogP contribution is -2.47. The number of nitrogens with zero attached hydrogens (tertiary/aromatic N) is 2. The monoisotopic (exact) mass is 290 g/mol. The number of carbonyl (C=O) groups excluding carboxylic acids is 1. The second-order valence-electron chi connectivity index (χ2n) is 6.23. The summed E-state index contributed by atoms with van der Waals surface area (Å²) in [5, 5.41) is 0. The predicted octanol–water partition coefficient (Wildman–Crippen LogP) is 2.80. The van der Waals surface area contributed by atoms with Crippen LogP contribution in [-0.2, 0) is 11.3 Å². The van der Waals surface area contributed by atoms with Crippen LogP contribution in [0.5, 0.6) is 0 Å². The fourth-order valence-corrected chi connectivity index (χ4v) is 3.94. The summed E-state index contributed by atoms with van der Waals surface area (Å²) in [5.74, 6) is 0.0181. The Morgan fingerprint density at radius 3 is 2.76 bits per heavy atom. The summed E-state index contributed by atoms with van der Waals surface area (Å²) in [4.78, 5) is 16.2. The van der Waals surface area contributed by atoms with Gasteiger partial charge in [-0.3, -0.25) is 9.69 Å². The normalized spacial score (nSPS) is 26.5. The van der Waals surface area contributed by atoms with E-state index in [9.17, 15) is 9.18 Å².